The predicted octanol–water partition coefficient (Wildman–Crippen LogP) is 4.63. The summed E-state index contributed by atoms with van der Waals surface area (Å²) >= 11 is 4.81. The van der Waals surface area contributed by atoms with Gasteiger partial charge in [-0.1, -0.05) is 27.7 Å². The van der Waals surface area contributed by atoms with Gasteiger partial charge in [0.05, 0.1) is 16.9 Å². The largest absolute Gasteiger partial charge is 0.325 e. The average molecular weight is 427 g/mol. The third-order valence-corrected chi connectivity index (χ3v) is 5.25. The molecular formula is C19H15BrN4OS. The smallest absolute Gasteiger partial charge is 0.237 e. The van der Waals surface area contributed by atoms with E-state index in [-0.39, 0.29) is 11.2 Å². The minimum absolute atomic E-state index is 0.120. The van der Waals surface area contributed by atoms with Crippen LogP contribution in [0.15, 0.2) is 70.6 Å². The number of imidazole rings is 1. The maximum Gasteiger partial charge on any atom is 0.237 e. The highest BCUT2D eigenvalue weighted by Crippen LogP contribution is 2.26. The number of aromatic nitrogens is 2. The molecule has 1 amide bonds. The Hall–Kier alpha value is -2.56. The van der Waals surface area contributed by atoms with Crippen molar-refractivity contribution < 1.29 is 4.79 Å². The summed E-state index contributed by atoms with van der Waals surface area (Å²) in [6, 6.07) is 16.7. The van der Waals surface area contributed by atoms with Crippen molar-refractivity contribution in [2.24, 2.45) is 0 Å². The molecule has 7 heteroatoms. The molecule has 0 saturated carbocycles. The number of nitrogens with zero attached hydrogens (tertiary/aromatic N) is 3. The number of hydrogen-bond donors (Lipinski definition) is 1. The Labute approximate surface area is 164 Å². The van der Waals surface area contributed by atoms with E-state index in [1.54, 1.807) is 30.5 Å². The maximum atomic E-state index is 12.4. The van der Waals surface area contributed by atoms with Gasteiger partial charge in [0.1, 0.15) is 0 Å². The molecule has 0 bridgehead atoms. The molecule has 0 saturated heterocycles. The number of thioether (sulfide) groups is 1. The number of anilines is 1. The first-order valence-electron chi connectivity index (χ1n) is 7.84. The Morgan fingerprint density at radius 3 is 2.58 bits per heavy atom. The summed E-state index contributed by atoms with van der Waals surface area (Å²) in [4.78, 5) is 16.8. The highest BCUT2D eigenvalue weighted by Gasteiger charge is 2.18. The Morgan fingerprint density at radius 1 is 1.23 bits per heavy atom. The van der Waals surface area contributed by atoms with Crippen LogP contribution in [0, 0.1) is 11.3 Å². The first-order valence-corrected chi connectivity index (χ1v) is 9.51. The molecular weight excluding hydrogens is 412 g/mol. The molecule has 0 spiro atoms. The van der Waals surface area contributed by atoms with Crippen LogP contribution in [0.25, 0.3) is 5.69 Å². The van der Waals surface area contributed by atoms with Crippen LogP contribution in [0.2, 0.25) is 0 Å². The van der Waals surface area contributed by atoms with E-state index in [0.29, 0.717) is 11.3 Å². The number of carbonyl (C=O) groups excluding carboxylic acids is 1. The standard InChI is InChI=1S/C19H15BrN4OS/c1-13(18(25)23-16-6-2-14(12-21)3-7-16)26-19-22-10-11-24(19)17-8-4-15(20)5-9-17/h2-11,13H,1H3,(H,23,25)/t13-/m0/s1. The van der Waals surface area contributed by atoms with Gasteiger partial charge in [0.15, 0.2) is 5.16 Å². The quantitative estimate of drug-likeness (QED) is 0.603. The molecule has 0 aliphatic rings. The Morgan fingerprint density at radius 2 is 1.92 bits per heavy atom. The monoisotopic (exact) mass is 426 g/mol. The van der Waals surface area contributed by atoms with Crippen molar-refractivity contribution in [1.82, 2.24) is 9.55 Å². The third-order valence-electron chi connectivity index (χ3n) is 3.64. The lowest BCUT2D eigenvalue weighted by atomic mass is 10.2. The van der Waals surface area contributed by atoms with Crippen molar-refractivity contribution in [1.29, 1.82) is 5.26 Å². The molecule has 3 rings (SSSR count). The van der Waals surface area contributed by atoms with Gasteiger partial charge >= 0.3 is 0 Å². The second kappa shape index (κ2) is 8.21. The maximum absolute atomic E-state index is 12.4. The zero-order valence-electron chi connectivity index (χ0n) is 13.9. The molecule has 1 N–H and O–H groups in total. The van der Waals surface area contributed by atoms with Crippen LogP contribution in [0.4, 0.5) is 5.69 Å². The van der Waals surface area contributed by atoms with E-state index >= 15 is 0 Å². The molecule has 130 valence electrons. The fourth-order valence-corrected chi connectivity index (χ4v) is 3.41. The third kappa shape index (κ3) is 4.34. The van der Waals surface area contributed by atoms with E-state index in [9.17, 15) is 4.79 Å². The van der Waals surface area contributed by atoms with Crippen molar-refractivity contribution in [2.75, 3.05) is 5.32 Å². The number of rotatable bonds is 5. The summed E-state index contributed by atoms with van der Waals surface area (Å²) in [5.74, 6) is -0.120. The molecule has 0 aliphatic heterocycles. The lowest BCUT2D eigenvalue weighted by Gasteiger charge is -2.13. The second-order valence-corrected chi connectivity index (χ2v) is 7.72. The van der Waals surface area contributed by atoms with Crippen LogP contribution in [0.5, 0.6) is 0 Å². The lowest BCUT2D eigenvalue weighted by molar-refractivity contribution is -0.115. The number of nitriles is 1. The topological polar surface area (TPSA) is 70.7 Å². The number of nitrogens with one attached hydrogen (secondary N) is 1. The summed E-state index contributed by atoms with van der Waals surface area (Å²) in [6.07, 6.45) is 3.59. The number of benzene rings is 2. The van der Waals surface area contributed by atoms with E-state index in [0.717, 1.165) is 15.3 Å². The summed E-state index contributed by atoms with van der Waals surface area (Å²) in [6.45, 7) is 1.84. The Balaban J connectivity index is 1.69. The van der Waals surface area contributed by atoms with Crippen molar-refractivity contribution in [3.63, 3.8) is 0 Å². The Bertz CT molecular complexity index is 945. The van der Waals surface area contributed by atoms with E-state index in [2.05, 4.69) is 32.3 Å². The summed E-state index contributed by atoms with van der Waals surface area (Å²) < 4.78 is 2.95. The molecule has 0 radical (unpaired) electrons. The van der Waals surface area contributed by atoms with Gasteiger partial charge in [-0.2, -0.15) is 5.26 Å². The van der Waals surface area contributed by atoms with Crippen molar-refractivity contribution >= 4 is 39.3 Å². The van der Waals surface area contributed by atoms with Gasteiger partial charge in [0.25, 0.3) is 0 Å². The summed E-state index contributed by atoms with van der Waals surface area (Å²) in [5, 5.41) is 12.1. The summed E-state index contributed by atoms with van der Waals surface area (Å²) in [7, 11) is 0. The molecule has 0 fully saturated rings. The molecule has 26 heavy (non-hydrogen) atoms. The minimum atomic E-state index is -0.331. The van der Waals surface area contributed by atoms with E-state index in [4.69, 9.17) is 5.26 Å². The van der Waals surface area contributed by atoms with Crippen molar-refractivity contribution in [3.05, 3.63) is 71.0 Å². The van der Waals surface area contributed by atoms with Crippen LogP contribution in [0.1, 0.15) is 12.5 Å². The van der Waals surface area contributed by atoms with Gasteiger partial charge in [-0.25, -0.2) is 4.98 Å². The molecule has 1 heterocycles. The number of carbonyl (C=O) groups is 1. The second-order valence-electron chi connectivity index (χ2n) is 5.49. The first-order chi connectivity index (χ1) is 12.6. The Kier molecular flexibility index (Phi) is 5.76. The normalized spacial score (nSPS) is 11.6. The van der Waals surface area contributed by atoms with E-state index < -0.39 is 0 Å². The molecule has 3 aromatic rings. The molecule has 5 nitrogen and oxygen atoms in total. The molecule has 1 atom stereocenters. The van der Waals surface area contributed by atoms with E-state index in [1.165, 1.54) is 11.8 Å². The number of halogens is 1. The van der Waals surface area contributed by atoms with Gasteiger partial charge < -0.3 is 5.32 Å². The highest BCUT2D eigenvalue weighted by atomic mass is 79.9. The van der Waals surface area contributed by atoms with Gasteiger partial charge in [0, 0.05) is 28.2 Å². The lowest BCUT2D eigenvalue weighted by Crippen LogP contribution is -2.22. The fraction of sp³-hybridized carbons (Fsp3) is 0.105. The van der Waals surface area contributed by atoms with Crippen LogP contribution < -0.4 is 5.32 Å². The predicted molar refractivity (Wildman–Crippen MR) is 106 cm³/mol. The van der Waals surface area contributed by atoms with Crippen molar-refractivity contribution in [2.45, 2.75) is 17.3 Å². The SMILES string of the molecule is C[C@H](Sc1nccn1-c1ccc(Br)cc1)C(=O)Nc1ccc(C#N)cc1. The zero-order valence-corrected chi connectivity index (χ0v) is 16.3. The molecule has 0 unspecified atom stereocenters. The minimum Gasteiger partial charge on any atom is -0.325 e. The van der Waals surface area contributed by atoms with Crippen LogP contribution in [-0.4, -0.2) is 20.7 Å². The van der Waals surface area contributed by atoms with E-state index in [1.807, 2.05) is 42.0 Å². The number of amides is 1. The van der Waals surface area contributed by atoms with Gasteiger partial charge in [0.2, 0.25) is 5.91 Å². The number of hydrogen-bond acceptors (Lipinski definition) is 4. The average Bonchev–Trinajstić information content (AvgIpc) is 3.11. The van der Waals surface area contributed by atoms with Gasteiger partial charge in [-0.3, -0.25) is 9.36 Å². The van der Waals surface area contributed by atoms with Crippen LogP contribution >= 0.6 is 27.7 Å². The first kappa shape index (κ1) is 18.2. The molecule has 1 aromatic heterocycles. The summed E-state index contributed by atoms with van der Waals surface area (Å²) in [5.41, 5.74) is 2.20. The zero-order chi connectivity index (χ0) is 18.5. The van der Waals surface area contributed by atoms with Gasteiger partial charge in [-0.15, -0.1) is 0 Å². The fourth-order valence-electron chi connectivity index (χ4n) is 2.26. The highest BCUT2D eigenvalue weighted by molar-refractivity contribution is 9.10. The van der Waals surface area contributed by atoms with Crippen molar-refractivity contribution in [3.8, 4) is 11.8 Å². The molecule has 2 aromatic carbocycles. The van der Waals surface area contributed by atoms with Crippen LogP contribution in [-0.2, 0) is 4.79 Å². The molecule has 0 aliphatic carbocycles. The van der Waals surface area contributed by atoms with Gasteiger partial charge in [-0.05, 0) is 55.5 Å². The van der Waals surface area contributed by atoms with Crippen LogP contribution in [0.3, 0.4) is 0 Å².